The van der Waals surface area contributed by atoms with Crippen molar-refractivity contribution in [3.63, 3.8) is 0 Å². The SMILES string of the molecule is NCc1cccc(NC(=O)[C@@H]2CCC(=O)N2)c1. The summed E-state index contributed by atoms with van der Waals surface area (Å²) in [6.07, 6.45) is 0.974. The zero-order valence-corrected chi connectivity index (χ0v) is 9.40. The van der Waals surface area contributed by atoms with Gasteiger partial charge < -0.3 is 16.4 Å². The Hall–Kier alpha value is -1.88. The van der Waals surface area contributed by atoms with Gasteiger partial charge in [-0.05, 0) is 24.1 Å². The lowest BCUT2D eigenvalue weighted by Gasteiger charge is -2.11. The highest BCUT2D eigenvalue weighted by molar-refractivity contribution is 5.98. The monoisotopic (exact) mass is 233 g/mol. The third-order valence-electron chi connectivity index (χ3n) is 2.74. The molecule has 2 amide bonds. The average molecular weight is 233 g/mol. The number of nitrogens with two attached hydrogens (primary N) is 1. The molecule has 90 valence electrons. The molecule has 17 heavy (non-hydrogen) atoms. The summed E-state index contributed by atoms with van der Waals surface area (Å²) in [6, 6.07) is 6.95. The fraction of sp³-hybridized carbons (Fsp3) is 0.333. The largest absolute Gasteiger partial charge is 0.344 e. The van der Waals surface area contributed by atoms with E-state index in [4.69, 9.17) is 5.73 Å². The molecular weight excluding hydrogens is 218 g/mol. The lowest BCUT2D eigenvalue weighted by atomic mass is 10.2. The summed E-state index contributed by atoms with van der Waals surface area (Å²) in [4.78, 5) is 22.8. The maximum absolute atomic E-state index is 11.8. The summed E-state index contributed by atoms with van der Waals surface area (Å²) in [6.45, 7) is 0.434. The van der Waals surface area contributed by atoms with Gasteiger partial charge in [0.25, 0.3) is 0 Å². The Kier molecular flexibility index (Phi) is 3.39. The molecule has 0 spiro atoms. The number of carbonyl (C=O) groups is 2. The van der Waals surface area contributed by atoms with Crippen LogP contribution in [0.3, 0.4) is 0 Å². The van der Waals surface area contributed by atoms with E-state index in [1.54, 1.807) is 6.07 Å². The van der Waals surface area contributed by atoms with Crippen LogP contribution in [0.1, 0.15) is 18.4 Å². The average Bonchev–Trinajstić information content (AvgIpc) is 2.76. The molecule has 0 bridgehead atoms. The van der Waals surface area contributed by atoms with Gasteiger partial charge in [-0.2, -0.15) is 0 Å². The van der Waals surface area contributed by atoms with Gasteiger partial charge in [0.1, 0.15) is 6.04 Å². The summed E-state index contributed by atoms with van der Waals surface area (Å²) in [5, 5.41) is 5.40. The van der Waals surface area contributed by atoms with Crippen LogP contribution in [0.4, 0.5) is 5.69 Å². The number of carbonyl (C=O) groups excluding carboxylic acids is 2. The van der Waals surface area contributed by atoms with Crippen LogP contribution < -0.4 is 16.4 Å². The molecule has 1 fully saturated rings. The summed E-state index contributed by atoms with van der Waals surface area (Å²) < 4.78 is 0. The Bertz CT molecular complexity index is 445. The van der Waals surface area contributed by atoms with Gasteiger partial charge in [-0.3, -0.25) is 9.59 Å². The summed E-state index contributed by atoms with van der Waals surface area (Å²) >= 11 is 0. The number of benzene rings is 1. The molecule has 0 aliphatic carbocycles. The molecule has 0 saturated carbocycles. The normalized spacial score (nSPS) is 18.9. The van der Waals surface area contributed by atoms with Crippen molar-refractivity contribution in [2.45, 2.75) is 25.4 Å². The molecule has 1 aliphatic heterocycles. The Balaban J connectivity index is 2.00. The van der Waals surface area contributed by atoms with Gasteiger partial charge in [-0.15, -0.1) is 0 Å². The van der Waals surface area contributed by atoms with Crippen molar-refractivity contribution in [3.8, 4) is 0 Å². The molecule has 5 nitrogen and oxygen atoms in total. The Morgan fingerprint density at radius 3 is 3.00 bits per heavy atom. The molecule has 4 N–H and O–H groups in total. The fourth-order valence-electron chi connectivity index (χ4n) is 1.82. The second-order valence-corrected chi connectivity index (χ2v) is 4.05. The molecule has 0 aromatic heterocycles. The molecule has 1 heterocycles. The summed E-state index contributed by atoms with van der Waals surface area (Å²) in [5.41, 5.74) is 7.18. The zero-order chi connectivity index (χ0) is 12.3. The van der Waals surface area contributed by atoms with Crippen molar-refractivity contribution in [2.24, 2.45) is 5.73 Å². The van der Waals surface area contributed by atoms with Gasteiger partial charge in [0.05, 0.1) is 0 Å². The predicted molar refractivity (Wildman–Crippen MR) is 64.1 cm³/mol. The van der Waals surface area contributed by atoms with Crippen LogP contribution in [-0.4, -0.2) is 17.9 Å². The van der Waals surface area contributed by atoms with Gasteiger partial charge in [0, 0.05) is 18.7 Å². The number of anilines is 1. The zero-order valence-electron chi connectivity index (χ0n) is 9.40. The van der Waals surface area contributed by atoms with E-state index in [1.165, 1.54) is 0 Å². The van der Waals surface area contributed by atoms with Crippen LogP contribution in [0.5, 0.6) is 0 Å². The van der Waals surface area contributed by atoms with Gasteiger partial charge in [0.2, 0.25) is 11.8 Å². The van der Waals surface area contributed by atoms with E-state index in [9.17, 15) is 9.59 Å². The van der Waals surface area contributed by atoms with Crippen molar-refractivity contribution in [2.75, 3.05) is 5.32 Å². The number of amides is 2. The van der Waals surface area contributed by atoms with Crippen LogP contribution in [0, 0.1) is 0 Å². The minimum Gasteiger partial charge on any atom is -0.344 e. The first-order valence-electron chi connectivity index (χ1n) is 5.58. The first-order chi connectivity index (χ1) is 8.19. The van der Waals surface area contributed by atoms with Crippen LogP contribution in [0.2, 0.25) is 0 Å². The Morgan fingerprint density at radius 2 is 2.35 bits per heavy atom. The molecule has 1 saturated heterocycles. The first kappa shape index (κ1) is 11.6. The van der Waals surface area contributed by atoms with E-state index in [0.717, 1.165) is 5.56 Å². The van der Waals surface area contributed by atoms with Gasteiger partial charge in [-0.25, -0.2) is 0 Å². The highest BCUT2D eigenvalue weighted by Gasteiger charge is 2.26. The summed E-state index contributed by atoms with van der Waals surface area (Å²) in [5.74, 6) is -0.245. The second kappa shape index (κ2) is 4.97. The predicted octanol–water partition coefficient (Wildman–Crippen LogP) is 0.362. The van der Waals surface area contributed by atoms with Gasteiger partial charge in [0.15, 0.2) is 0 Å². The Labute approximate surface area is 99.4 Å². The molecule has 1 aliphatic rings. The lowest BCUT2D eigenvalue weighted by molar-refractivity contribution is -0.122. The highest BCUT2D eigenvalue weighted by Crippen LogP contribution is 2.13. The van der Waals surface area contributed by atoms with Crippen LogP contribution in [0.15, 0.2) is 24.3 Å². The second-order valence-electron chi connectivity index (χ2n) is 4.05. The topological polar surface area (TPSA) is 84.2 Å². The van der Waals surface area contributed by atoms with E-state index in [1.807, 2.05) is 18.2 Å². The minimum atomic E-state index is -0.413. The number of hydrogen-bond acceptors (Lipinski definition) is 3. The smallest absolute Gasteiger partial charge is 0.246 e. The number of rotatable bonds is 3. The van der Waals surface area contributed by atoms with Crippen LogP contribution >= 0.6 is 0 Å². The van der Waals surface area contributed by atoms with Crippen molar-refractivity contribution < 1.29 is 9.59 Å². The van der Waals surface area contributed by atoms with Gasteiger partial charge >= 0.3 is 0 Å². The Morgan fingerprint density at radius 1 is 1.53 bits per heavy atom. The van der Waals surface area contributed by atoms with E-state index in [0.29, 0.717) is 25.1 Å². The molecule has 5 heteroatoms. The molecule has 2 rings (SSSR count). The van der Waals surface area contributed by atoms with E-state index in [-0.39, 0.29) is 11.8 Å². The third-order valence-corrected chi connectivity index (χ3v) is 2.74. The van der Waals surface area contributed by atoms with E-state index < -0.39 is 6.04 Å². The van der Waals surface area contributed by atoms with Crippen molar-refractivity contribution in [3.05, 3.63) is 29.8 Å². The molecule has 0 unspecified atom stereocenters. The van der Waals surface area contributed by atoms with Crippen molar-refractivity contribution in [1.82, 2.24) is 5.32 Å². The molecule has 1 atom stereocenters. The molecule has 0 radical (unpaired) electrons. The maximum atomic E-state index is 11.8. The number of nitrogens with one attached hydrogen (secondary N) is 2. The molecule has 1 aromatic carbocycles. The van der Waals surface area contributed by atoms with E-state index >= 15 is 0 Å². The first-order valence-corrected chi connectivity index (χ1v) is 5.58. The standard InChI is InChI=1S/C12H15N3O2/c13-7-8-2-1-3-9(6-8)14-12(17)10-4-5-11(16)15-10/h1-3,6,10H,4-5,7,13H2,(H,14,17)(H,15,16)/t10-/m0/s1. The molecular formula is C12H15N3O2. The maximum Gasteiger partial charge on any atom is 0.246 e. The van der Waals surface area contributed by atoms with Crippen LogP contribution in [0.25, 0.3) is 0 Å². The van der Waals surface area contributed by atoms with Crippen molar-refractivity contribution >= 4 is 17.5 Å². The van der Waals surface area contributed by atoms with Crippen LogP contribution in [-0.2, 0) is 16.1 Å². The lowest BCUT2D eigenvalue weighted by Crippen LogP contribution is -2.37. The highest BCUT2D eigenvalue weighted by atomic mass is 16.2. The fourth-order valence-corrected chi connectivity index (χ4v) is 1.82. The van der Waals surface area contributed by atoms with E-state index in [2.05, 4.69) is 10.6 Å². The third kappa shape index (κ3) is 2.82. The minimum absolute atomic E-state index is 0.0686. The van der Waals surface area contributed by atoms with Gasteiger partial charge in [-0.1, -0.05) is 12.1 Å². The van der Waals surface area contributed by atoms with Crippen molar-refractivity contribution in [1.29, 1.82) is 0 Å². The quantitative estimate of drug-likeness (QED) is 0.705. The summed E-state index contributed by atoms with van der Waals surface area (Å²) in [7, 11) is 0. The number of hydrogen-bond donors (Lipinski definition) is 3. The molecule has 1 aromatic rings.